The van der Waals surface area contributed by atoms with Gasteiger partial charge in [0, 0.05) is 25.0 Å². The first kappa shape index (κ1) is 11.6. The minimum Gasteiger partial charge on any atom is -0.393 e. The van der Waals surface area contributed by atoms with Crippen molar-refractivity contribution in [3.63, 3.8) is 0 Å². The van der Waals surface area contributed by atoms with Crippen molar-refractivity contribution in [2.24, 2.45) is 0 Å². The first-order chi connectivity index (χ1) is 7.75. The lowest BCUT2D eigenvalue weighted by Crippen LogP contribution is -2.34. The summed E-state index contributed by atoms with van der Waals surface area (Å²) >= 11 is 0. The summed E-state index contributed by atoms with van der Waals surface area (Å²) in [6.45, 7) is 3.00. The van der Waals surface area contributed by atoms with Crippen LogP contribution in [0.3, 0.4) is 0 Å². The zero-order valence-electron chi connectivity index (χ0n) is 9.82. The standard InChI is InChI=1S/C13H20N2O/c1-10-8-14-7-6-11(10)9-15-12-2-4-13(16)5-3-12/h6-8,12-13,15-16H,2-5,9H2,1H3. The second-order valence-electron chi connectivity index (χ2n) is 4.69. The van der Waals surface area contributed by atoms with Gasteiger partial charge in [-0.25, -0.2) is 0 Å². The van der Waals surface area contributed by atoms with Crippen LogP contribution in [-0.4, -0.2) is 22.2 Å². The number of nitrogens with zero attached hydrogens (tertiary/aromatic N) is 1. The molecule has 3 heteroatoms. The van der Waals surface area contributed by atoms with Crippen molar-refractivity contribution >= 4 is 0 Å². The van der Waals surface area contributed by atoms with E-state index in [4.69, 9.17) is 0 Å². The molecule has 1 aromatic rings. The van der Waals surface area contributed by atoms with E-state index in [2.05, 4.69) is 23.3 Å². The molecule has 0 bridgehead atoms. The average Bonchev–Trinajstić information content (AvgIpc) is 2.30. The summed E-state index contributed by atoms with van der Waals surface area (Å²) in [7, 11) is 0. The molecule has 0 spiro atoms. The molecule has 0 unspecified atom stereocenters. The monoisotopic (exact) mass is 220 g/mol. The van der Waals surface area contributed by atoms with Gasteiger partial charge in [0.05, 0.1) is 6.10 Å². The van der Waals surface area contributed by atoms with Crippen molar-refractivity contribution in [2.45, 2.75) is 51.3 Å². The normalized spacial score (nSPS) is 25.6. The number of aliphatic hydroxyl groups is 1. The number of pyridine rings is 1. The van der Waals surface area contributed by atoms with Gasteiger partial charge in [0.15, 0.2) is 0 Å². The Kier molecular flexibility index (Phi) is 3.91. The van der Waals surface area contributed by atoms with E-state index in [0.29, 0.717) is 6.04 Å². The molecular weight excluding hydrogens is 200 g/mol. The van der Waals surface area contributed by atoms with Gasteiger partial charge in [0.25, 0.3) is 0 Å². The third kappa shape index (κ3) is 3.03. The summed E-state index contributed by atoms with van der Waals surface area (Å²) < 4.78 is 0. The van der Waals surface area contributed by atoms with Crippen molar-refractivity contribution in [1.82, 2.24) is 10.3 Å². The van der Waals surface area contributed by atoms with Crippen LogP contribution in [0.4, 0.5) is 0 Å². The Bertz CT molecular complexity index is 332. The van der Waals surface area contributed by atoms with E-state index in [1.807, 2.05) is 12.4 Å². The van der Waals surface area contributed by atoms with Gasteiger partial charge in [-0.05, 0) is 49.8 Å². The molecule has 0 atom stereocenters. The van der Waals surface area contributed by atoms with Gasteiger partial charge in [-0.3, -0.25) is 4.98 Å². The van der Waals surface area contributed by atoms with Crippen LogP contribution >= 0.6 is 0 Å². The highest BCUT2D eigenvalue weighted by molar-refractivity contribution is 5.21. The Hall–Kier alpha value is -0.930. The Balaban J connectivity index is 1.81. The molecule has 1 saturated carbocycles. The largest absolute Gasteiger partial charge is 0.393 e. The predicted octanol–water partition coefficient (Wildman–Crippen LogP) is 1.78. The van der Waals surface area contributed by atoms with Gasteiger partial charge in [-0.15, -0.1) is 0 Å². The fourth-order valence-corrected chi connectivity index (χ4v) is 2.23. The van der Waals surface area contributed by atoms with Crippen LogP contribution in [0.1, 0.15) is 36.8 Å². The summed E-state index contributed by atoms with van der Waals surface area (Å²) in [4.78, 5) is 4.09. The number of aryl methyl sites for hydroxylation is 1. The second-order valence-corrected chi connectivity index (χ2v) is 4.69. The fraction of sp³-hybridized carbons (Fsp3) is 0.615. The van der Waals surface area contributed by atoms with Crippen LogP contribution in [0.2, 0.25) is 0 Å². The molecule has 0 saturated heterocycles. The molecule has 0 radical (unpaired) electrons. The predicted molar refractivity (Wildman–Crippen MR) is 64.1 cm³/mol. The molecule has 0 amide bonds. The van der Waals surface area contributed by atoms with Gasteiger partial charge in [-0.1, -0.05) is 0 Å². The highest BCUT2D eigenvalue weighted by Crippen LogP contribution is 2.18. The Morgan fingerprint density at radius 3 is 2.81 bits per heavy atom. The summed E-state index contributed by atoms with van der Waals surface area (Å²) in [6.07, 6.45) is 7.73. The smallest absolute Gasteiger partial charge is 0.0541 e. The van der Waals surface area contributed by atoms with E-state index >= 15 is 0 Å². The van der Waals surface area contributed by atoms with Gasteiger partial charge in [0.1, 0.15) is 0 Å². The van der Waals surface area contributed by atoms with Gasteiger partial charge in [-0.2, -0.15) is 0 Å². The molecule has 1 aromatic heterocycles. The number of hydrogen-bond acceptors (Lipinski definition) is 3. The second kappa shape index (κ2) is 5.41. The summed E-state index contributed by atoms with van der Waals surface area (Å²) in [5, 5.41) is 13.0. The van der Waals surface area contributed by atoms with E-state index in [9.17, 15) is 5.11 Å². The Morgan fingerprint density at radius 1 is 1.38 bits per heavy atom. The van der Waals surface area contributed by atoms with Gasteiger partial charge in [0.2, 0.25) is 0 Å². The Labute approximate surface area is 96.9 Å². The van der Waals surface area contributed by atoms with Gasteiger partial charge < -0.3 is 10.4 Å². The number of hydrogen-bond donors (Lipinski definition) is 2. The highest BCUT2D eigenvalue weighted by Gasteiger charge is 2.18. The minimum atomic E-state index is -0.0688. The van der Waals surface area contributed by atoms with Crippen molar-refractivity contribution in [3.05, 3.63) is 29.6 Å². The molecule has 0 aromatic carbocycles. The molecule has 16 heavy (non-hydrogen) atoms. The third-order valence-electron chi connectivity index (χ3n) is 3.41. The minimum absolute atomic E-state index is 0.0688. The van der Waals surface area contributed by atoms with E-state index in [1.54, 1.807) is 0 Å². The number of nitrogens with one attached hydrogen (secondary N) is 1. The summed E-state index contributed by atoms with van der Waals surface area (Å²) in [5.41, 5.74) is 2.56. The summed E-state index contributed by atoms with van der Waals surface area (Å²) in [6, 6.07) is 2.64. The zero-order valence-corrected chi connectivity index (χ0v) is 9.82. The van der Waals surface area contributed by atoms with Crippen LogP contribution in [0.15, 0.2) is 18.5 Å². The SMILES string of the molecule is Cc1cnccc1CNC1CCC(O)CC1. The number of aliphatic hydroxyl groups excluding tert-OH is 1. The van der Waals surface area contributed by atoms with Crippen molar-refractivity contribution in [1.29, 1.82) is 0 Å². The molecule has 1 fully saturated rings. The molecule has 88 valence electrons. The topological polar surface area (TPSA) is 45.2 Å². The zero-order chi connectivity index (χ0) is 11.4. The highest BCUT2D eigenvalue weighted by atomic mass is 16.3. The van der Waals surface area contributed by atoms with Crippen LogP contribution in [0.5, 0.6) is 0 Å². The van der Waals surface area contributed by atoms with E-state index in [1.165, 1.54) is 11.1 Å². The molecular formula is C13H20N2O. The molecule has 2 rings (SSSR count). The molecule has 0 aliphatic heterocycles. The molecule has 1 aliphatic rings. The molecule has 3 nitrogen and oxygen atoms in total. The third-order valence-corrected chi connectivity index (χ3v) is 3.41. The van der Waals surface area contributed by atoms with Crippen molar-refractivity contribution in [3.8, 4) is 0 Å². The number of rotatable bonds is 3. The van der Waals surface area contributed by atoms with Crippen LogP contribution in [0, 0.1) is 6.92 Å². The first-order valence-electron chi connectivity index (χ1n) is 6.06. The molecule has 1 heterocycles. The fourth-order valence-electron chi connectivity index (χ4n) is 2.23. The Morgan fingerprint density at radius 2 is 2.12 bits per heavy atom. The first-order valence-corrected chi connectivity index (χ1v) is 6.06. The molecule has 2 N–H and O–H groups in total. The lowest BCUT2D eigenvalue weighted by Gasteiger charge is -2.26. The van der Waals surface area contributed by atoms with Crippen molar-refractivity contribution in [2.75, 3.05) is 0 Å². The van der Waals surface area contributed by atoms with Crippen LogP contribution in [-0.2, 0) is 6.54 Å². The maximum absolute atomic E-state index is 9.42. The van der Waals surface area contributed by atoms with Crippen LogP contribution < -0.4 is 5.32 Å². The van der Waals surface area contributed by atoms with Crippen molar-refractivity contribution < 1.29 is 5.11 Å². The maximum Gasteiger partial charge on any atom is 0.0541 e. The lowest BCUT2D eigenvalue weighted by atomic mass is 9.93. The summed E-state index contributed by atoms with van der Waals surface area (Å²) in [5.74, 6) is 0. The molecule has 1 aliphatic carbocycles. The average molecular weight is 220 g/mol. The van der Waals surface area contributed by atoms with E-state index < -0.39 is 0 Å². The quantitative estimate of drug-likeness (QED) is 0.816. The van der Waals surface area contributed by atoms with Gasteiger partial charge >= 0.3 is 0 Å². The van der Waals surface area contributed by atoms with E-state index in [0.717, 1.165) is 32.2 Å². The lowest BCUT2D eigenvalue weighted by molar-refractivity contribution is 0.116. The number of aromatic nitrogens is 1. The van der Waals surface area contributed by atoms with Crippen LogP contribution in [0.25, 0.3) is 0 Å². The van der Waals surface area contributed by atoms with E-state index in [-0.39, 0.29) is 6.10 Å². The maximum atomic E-state index is 9.42.